The lowest BCUT2D eigenvalue weighted by atomic mass is 9.92. The van der Waals surface area contributed by atoms with E-state index in [-0.39, 0.29) is 30.0 Å². The molecule has 1 aliphatic rings. The Kier molecular flexibility index (Phi) is 7.07. The van der Waals surface area contributed by atoms with E-state index in [4.69, 9.17) is 9.47 Å². The molecule has 0 aliphatic carbocycles. The van der Waals surface area contributed by atoms with Gasteiger partial charge in [0.1, 0.15) is 11.6 Å². The first-order valence-electron chi connectivity index (χ1n) is 11.3. The molecule has 2 aromatic carbocycles. The van der Waals surface area contributed by atoms with Gasteiger partial charge >= 0.3 is 5.69 Å². The second kappa shape index (κ2) is 10.1. The lowest BCUT2D eigenvalue weighted by Crippen LogP contribution is -2.43. The summed E-state index contributed by atoms with van der Waals surface area (Å²) in [7, 11) is 0. The van der Waals surface area contributed by atoms with E-state index in [0.717, 1.165) is 30.7 Å². The van der Waals surface area contributed by atoms with Crippen LogP contribution in [0.4, 0.5) is 0 Å². The van der Waals surface area contributed by atoms with Crippen LogP contribution < -0.4 is 10.4 Å². The van der Waals surface area contributed by atoms with Gasteiger partial charge in [0.2, 0.25) is 0 Å². The van der Waals surface area contributed by atoms with Crippen molar-refractivity contribution in [1.82, 2.24) is 20.1 Å². The predicted octanol–water partition coefficient (Wildman–Crippen LogP) is 4.37. The maximum Gasteiger partial charge on any atom is 0.340 e. The number of likely N-dealkylation sites (tertiary alicyclic amines) is 1. The average molecular weight is 437 g/mol. The highest BCUT2D eigenvalue weighted by atomic mass is 16.5. The highest BCUT2D eigenvalue weighted by Gasteiger charge is 2.35. The van der Waals surface area contributed by atoms with Crippen LogP contribution in [-0.4, -0.2) is 38.8 Å². The molecule has 32 heavy (non-hydrogen) atoms. The summed E-state index contributed by atoms with van der Waals surface area (Å²) in [6, 6.07) is 18.7. The molecule has 7 heteroatoms. The zero-order chi connectivity index (χ0) is 22.5. The van der Waals surface area contributed by atoms with Gasteiger partial charge in [-0.3, -0.25) is 9.88 Å². The molecule has 7 nitrogen and oxygen atoms in total. The first-order valence-corrected chi connectivity index (χ1v) is 11.3. The quantitative estimate of drug-likeness (QED) is 0.548. The van der Waals surface area contributed by atoms with Crippen LogP contribution in [0.5, 0.6) is 5.75 Å². The van der Waals surface area contributed by atoms with E-state index in [2.05, 4.69) is 63.4 Å². The minimum Gasteiger partial charge on any atom is -0.491 e. The van der Waals surface area contributed by atoms with E-state index < -0.39 is 0 Å². The second-order valence-corrected chi connectivity index (χ2v) is 8.65. The van der Waals surface area contributed by atoms with Crippen molar-refractivity contribution >= 4 is 0 Å². The molecule has 1 aromatic heterocycles. The summed E-state index contributed by atoms with van der Waals surface area (Å²) in [5.41, 5.74) is 2.03. The Hall–Kier alpha value is -2.90. The number of rotatable bonds is 8. The summed E-state index contributed by atoms with van der Waals surface area (Å²) in [5, 5.41) is 6.58. The van der Waals surface area contributed by atoms with Gasteiger partial charge in [-0.15, -0.1) is 0 Å². The van der Waals surface area contributed by atoms with E-state index >= 15 is 0 Å². The molecule has 2 N–H and O–H groups in total. The zero-order valence-electron chi connectivity index (χ0n) is 19.0. The Morgan fingerprint density at radius 1 is 1.12 bits per heavy atom. The smallest absolute Gasteiger partial charge is 0.340 e. The minimum absolute atomic E-state index is 0.0153. The van der Waals surface area contributed by atoms with E-state index in [1.54, 1.807) is 0 Å². The van der Waals surface area contributed by atoms with Crippen molar-refractivity contribution < 1.29 is 9.47 Å². The summed E-state index contributed by atoms with van der Waals surface area (Å²) < 4.78 is 12.5. The van der Waals surface area contributed by atoms with Crippen LogP contribution in [0.25, 0.3) is 0 Å². The Balaban J connectivity index is 1.56. The Bertz CT molecular complexity index is 1050. The number of aromatic nitrogens is 3. The number of hydrogen-bond donors (Lipinski definition) is 2. The number of nitrogens with zero attached hydrogens (tertiary/aromatic N) is 2. The van der Waals surface area contributed by atoms with E-state index in [9.17, 15) is 4.79 Å². The fraction of sp³-hybridized carbons (Fsp3) is 0.440. The average Bonchev–Trinajstić information content (AvgIpc) is 3.19. The van der Waals surface area contributed by atoms with E-state index in [1.807, 2.05) is 32.0 Å². The molecule has 0 radical (unpaired) electrons. The molecule has 3 aromatic rings. The largest absolute Gasteiger partial charge is 0.491 e. The monoisotopic (exact) mass is 436 g/mol. The molecule has 0 spiro atoms. The lowest BCUT2D eigenvalue weighted by molar-refractivity contribution is -0.0808. The third kappa shape index (κ3) is 5.47. The molecule has 4 rings (SSSR count). The standard InChI is InChI=1S/C25H32N4O3/c1-17(2)31-21-12-7-11-20(15-21)18(3)32-22-13-8-14-29(16-23-26-25(30)28-27-23)24(22)19-9-5-4-6-10-19/h4-7,9-12,15,17-18,22,24H,8,13-14,16H2,1-3H3,(H2,26,27,28,30)/t18-,22+,24+/m1/s1. The second-order valence-electron chi connectivity index (χ2n) is 8.65. The summed E-state index contributed by atoms with van der Waals surface area (Å²) in [4.78, 5) is 16.6. The van der Waals surface area contributed by atoms with Crippen LogP contribution in [0.1, 0.15) is 62.7 Å². The van der Waals surface area contributed by atoms with Gasteiger partial charge in [0.15, 0.2) is 0 Å². The summed E-state index contributed by atoms with van der Waals surface area (Å²) >= 11 is 0. The van der Waals surface area contributed by atoms with Crippen LogP contribution in [0.3, 0.4) is 0 Å². The Labute approximate surface area is 188 Å². The fourth-order valence-corrected chi connectivity index (χ4v) is 4.45. The lowest BCUT2D eigenvalue weighted by Gasteiger charge is -2.42. The molecule has 3 atom stereocenters. The van der Waals surface area contributed by atoms with Crippen molar-refractivity contribution in [3.63, 3.8) is 0 Å². The number of H-pyrrole nitrogens is 2. The Morgan fingerprint density at radius 3 is 2.66 bits per heavy atom. The van der Waals surface area contributed by atoms with Gasteiger partial charge in [0.05, 0.1) is 30.9 Å². The van der Waals surface area contributed by atoms with Gasteiger partial charge in [-0.1, -0.05) is 42.5 Å². The van der Waals surface area contributed by atoms with Crippen molar-refractivity contribution in [1.29, 1.82) is 0 Å². The van der Waals surface area contributed by atoms with Crippen molar-refractivity contribution in [3.8, 4) is 5.75 Å². The highest BCUT2D eigenvalue weighted by Crippen LogP contribution is 2.37. The molecule has 1 saturated heterocycles. The SMILES string of the molecule is CC(C)Oc1cccc([C@@H](C)O[C@H]2CCCN(Cc3n[nH]c(=O)[nH]3)[C@H]2c2ccccc2)c1. The molecule has 0 amide bonds. The summed E-state index contributed by atoms with van der Waals surface area (Å²) in [5.74, 6) is 1.50. The maximum absolute atomic E-state index is 11.5. The third-order valence-electron chi connectivity index (χ3n) is 5.80. The van der Waals surface area contributed by atoms with Gasteiger partial charge in [-0.05, 0) is 63.4 Å². The summed E-state index contributed by atoms with van der Waals surface area (Å²) in [6.07, 6.45) is 2.06. The normalized spacial score (nSPS) is 20.4. The minimum atomic E-state index is -0.279. The van der Waals surface area contributed by atoms with Crippen LogP contribution in [-0.2, 0) is 11.3 Å². The van der Waals surface area contributed by atoms with Crippen LogP contribution in [0.15, 0.2) is 59.4 Å². The number of ether oxygens (including phenoxy) is 2. The number of hydrogen-bond acceptors (Lipinski definition) is 5. The maximum atomic E-state index is 11.5. The third-order valence-corrected chi connectivity index (χ3v) is 5.80. The van der Waals surface area contributed by atoms with Crippen LogP contribution in [0.2, 0.25) is 0 Å². The van der Waals surface area contributed by atoms with Crippen molar-refractivity contribution in [2.75, 3.05) is 6.54 Å². The highest BCUT2D eigenvalue weighted by molar-refractivity contribution is 5.30. The van der Waals surface area contributed by atoms with Gasteiger partial charge in [0.25, 0.3) is 0 Å². The fourth-order valence-electron chi connectivity index (χ4n) is 4.45. The van der Waals surface area contributed by atoms with E-state index in [1.165, 1.54) is 5.56 Å². The zero-order valence-corrected chi connectivity index (χ0v) is 19.0. The number of benzene rings is 2. The predicted molar refractivity (Wildman–Crippen MR) is 124 cm³/mol. The Morgan fingerprint density at radius 2 is 1.94 bits per heavy atom. The summed E-state index contributed by atoms with van der Waals surface area (Å²) in [6.45, 7) is 7.63. The van der Waals surface area contributed by atoms with Gasteiger partial charge in [-0.2, -0.15) is 5.10 Å². The first-order chi connectivity index (χ1) is 15.5. The molecular formula is C25H32N4O3. The molecule has 1 fully saturated rings. The van der Waals surface area contributed by atoms with Crippen LogP contribution in [0, 0.1) is 0 Å². The molecular weight excluding hydrogens is 404 g/mol. The van der Waals surface area contributed by atoms with Crippen molar-refractivity contribution in [2.24, 2.45) is 0 Å². The number of aromatic amines is 2. The first kappa shape index (κ1) is 22.3. The number of piperidine rings is 1. The van der Waals surface area contributed by atoms with E-state index in [0.29, 0.717) is 12.4 Å². The molecule has 0 bridgehead atoms. The van der Waals surface area contributed by atoms with Gasteiger partial charge in [-0.25, -0.2) is 9.89 Å². The van der Waals surface area contributed by atoms with Gasteiger partial charge < -0.3 is 9.47 Å². The van der Waals surface area contributed by atoms with Crippen LogP contribution >= 0.6 is 0 Å². The van der Waals surface area contributed by atoms with Crippen molar-refractivity contribution in [3.05, 3.63) is 82.0 Å². The van der Waals surface area contributed by atoms with Crippen molar-refractivity contribution in [2.45, 2.75) is 64.5 Å². The molecule has 1 aliphatic heterocycles. The number of nitrogens with one attached hydrogen (secondary N) is 2. The topological polar surface area (TPSA) is 83.2 Å². The van der Waals surface area contributed by atoms with Gasteiger partial charge in [0, 0.05) is 0 Å². The molecule has 0 saturated carbocycles. The molecule has 0 unspecified atom stereocenters. The molecule has 2 heterocycles. The molecule has 170 valence electrons.